The number of nitrogens with zero attached hydrogens (tertiary/aromatic N) is 2. The second-order valence-corrected chi connectivity index (χ2v) is 10.6. The van der Waals surface area contributed by atoms with Crippen molar-refractivity contribution in [3.8, 4) is 11.1 Å². The van der Waals surface area contributed by atoms with Crippen LogP contribution in [0.2, 0.25) is 0 Å². The summed E-state index contributed by atoms with van der Waals surface area (Å²) < 4.78 is 23.4. The van der Waals surface area contributed by atoms with Crippen molar-refractivity contribution in [2.24, 2.45) is 0 Å². The number of hydrogen-bond donors (Lipinski definition) is 0. The largest absolute Gasteiger partial charge is 0.340 e. The van der Waals surface area contributed by atoms with Crippen molar-refractivity contribution in [3.05, 3.63) is 60.2 Å². The summed E-state index contributed by atoms with van der Waals surface area (Å²) in [5, 5.41) is 0. The normalized spacial score (nSPS) is 21.2. The van der Waals surface area contributed by atoms with Gasteiger partial charge in [-0.3, -0.25) is 14.5 Å². The lowest BCUT2D eigenvalue weighted by atomic mass is 10.0. The van der Waals surface area contributed by atoms with Crippen molar-refractivity contribution in [2.75, 3.05) is 37.7 Å². The molecular weight excluding hydrogens is 412 g/mol. The fourth-order valence-electron chi connectivity index (χ4n) is 4.40. The van der Waals surface area contributed by atoms with Crippen LogP contribution in [0, 0.1) is 0 Å². The Kier molecular flexibility index (Phi) is 6.53. The van der Waals surface area contributed by atoms with E-state index in [1.807, 2.05) is 54.6 Å². The molecule has 0 radical (unpaired) electrons. The number of Topliss-reactive ketones (excluding diaryl/α,β-unsaturated/α-hetero) is 1. The number of carbonyl (C=O) groups excluding carboxylic acids is 2. The molecule has 0 spiro atoms. The summed E-state index contributed by atoms with van der Waals surface area (Å²) in [7, 11) is -2.90. The molecule has 164 valence electrons. The lowest BCUT2D eigenvalue weighted by Crippen LogP contribution is -2.52. The second-order valence-electron chi connectivity index (χ2n) is 8.34. The molecule has 0 aromatic heterocycles. The van der Waals surface area contributed by atoms with Gasteiger partial charge in [-0.05, 0) is 17.5 Å². The van der Waals surface area contributed by atoms with Crippen molar-refractivity contribution >= 4 is 21.5 Å². The van der Waals surface area contributed by atoms with E-state index in [9.17, 15) is 18.0 Å². The first-order valence-corrected chi connectivity index (χ1v) is 12.6. The summed E-state index contributed by atoms with van der Waals surface area (Å²) in [6, 6.07) is 17.6. The fraction of sp³-hybridized carbons (Fsp3) is 0.417. The molecular formula is C24H28N2O4S. The Labute approximate surface area is 183 Å². The van der Waals surface area contributed by atoms with Crippen molar-refractivity contribution in [1.82, 2.24) is 9.80 Å². The molecule has 2 saturated heterocycles. The van der Waals surface area contributed by atoms with Crippen molar-refractivity contribution < 1.29 is 18.0 Å². The molecule has 7 heteroatoms. The minimum Gasteiger partial charge on any atom is -0.340 e. The Morgan fingerprint density at radius 3 is 2.10 bits per heavy atom. The van der Waals surface area contributed by atoms with E-state index in [0.29, 0.717) is 38.2 Å². The first-order valence-electron chi connectivity index (χ1n) is 10.8. The Hall–Kier alpha value is -2.51. The van der Waals surface area contributed by atoms with Crippen LogP contribution in [-0.4, -0.2) is 73.6 Å². The van der Waals surface area contributed by atoms with Crippen LogP contribution in [-0.2, 0) is 14.6 Å². The zero-order valence-corrected chi connectivity index (χ0v) is 18.4. The van der Waals surface area contributed by atoms with Crippen LogP contribution in [0.3, 0.4) is 0 Å². The number of ketones is 1. The SMILES string of the molecule is O=C(CCC(=O)N1CCN([C@@H]2CCS(=O)(=O)C2)CC1)c1ccc(-c2ccccc2)cc1. The average Bonchev–Trinajstić information content (AvgIpc) is 3.17. The summed E-state index contributed by atoms with van der Waals surface area (Å²) in [6.07, 6.45) is 1.09. The zero-order chi connectivity index (χ0) is 21.8. The molecule has 0 aliphatic carbocycles. The lowest BCUT2D eigenvalue weighted by molar-refractivity contribution is -0.133. The molecule has 6 nitrogen and oxygen atoms in total. The van der Waals surface area contributed by atoms with Gasteiger partial charge in [0.1, 0.15) is 0 Å². The summed E-state index contributed by atoms with van der Waals surface area (Å²) in [5.74, 6) is 0.472. The monoisotopic (exact) mass is 440 g/mol. The maximum absolute atomic E-state index is 12.6. The van der Waals surface area contributed by atoms with Crippen LogP contribution < -0.4 is 0 Å². The molecule has 31 heavy (non-hydrogen) atoms. The molecule has 2 aromatic rings. The molecule has 4 rings (SSSR count). The Morgan fingerprint density at radius 1 is 0.839 bits per heavy atom. The van der Waals surface area contributed by atoms with Gasteiger partial charge in [0.25, 0.3) is 0 Å². The van der Waals surface area contributed by atoms with E-state index in [-0.39, 0.29) is 42.1 Å². The number of sulfone groups is 1. The first kappa shape index (κ1) is 21.7. The average molecular weight is 441 g/mol. The maximum Gasteiger partial charge on any atom is 0.223 e. The molecule has 0 unspecified atom stereocenters. The van der Waals surface area contributed by atoms with Gasteiger partial charge in [0.2, 0.25) is 5.91 Å². The highest BCUT2D eigenvalue weighted by Gasteiger charge is 2.34. The van der Waals surface area contributed by atoms with E-state index in [4.69, 9.17) is 0 Å². The van der Waals surface area contributed by atoms with E-state index in [2.05, 4.69) is 4.90 Å². The summed E-state index contributed by atoms with van der Waals surface area (Å²) in [6.45, 7) is 2.58. The van der Waals surface area contributed by atoms with Crippen LogP contribution >= 0.6 is 0 Å². The Bertz CT molecular complexity index is 1030. The van der Waals surface area contributed by atoms with E-state index in [1.54, 1.807) is 4.90 Å². The van der Waals surface area contributed by atoms with Gasteiger partial charge in [-0.15, -0.1) is 0 Å². The van der Waals surface area contributed by atoms with Crippen LogP contribution in [0.25, 0.3) is 11.1 Å². The summed E-state index contributed by atoms with van der Waals surface area (Å²) >= 11 is 0. The molecule has 0 bridgehead atoms. The Morgan fingerprint density at radius 2 is 1.48 bits per heavy atom. The predicted octanol–water partition coefficient (Wildman–Crippen LogP) is 2.65. The first-order chi connectivity index (χ1) is 14.9. The lowest BCUT2D eigenvalue weighted by Gasteiger charge is -2.37. The van der Waals surface area contributed by atoms with Gasteiger partial charge in [-0.2, -0.15) is 0 Å². The molecule has 1 atom stereocenters. The van der Waals surface area contributed by atoms with Gasteiger partial charge in [0.05, 0.1) is 11.5 Å². The standard InChI is InChI=1S/C24H28N2O4S/c27-23(21-8-6-20(7-9-21)19-4-2-1-3-5-19)10-11-24(28)26-15-13-25(14-16-26)22-12-17-31(29,30)18-22/h1-9,22H,10-18H2/t22-/m1/s1. The molecule has 0 saturated carbocycles. The minimum atomic E-state index is -2.90. The Balaban J connectivity index is 1.24. The molecule has 2 aliphatic heterocycles. The maximum atomic E-state index is 12.6. The predicted molar refractivity (Wildman–Crippen MR) is 121 cm³/mol. The third-order valence-electron chi connectivity index (χ3n) is 6.27. The number of benzene rings is 2. The highest BCUT2D eigenvalue weighted by molar-refractivity contribution is 7.91. The smallest absolute Gasteiger partial charge is 0.223 e. The van der Waals surface area contributed by atoms with Gasteiger partial charge in [-0.1, -0.05) is 54.6 Å². The molecule has 2 aromatic carbocycles. The molecule has 2 fully saturated rings. The van der Waals surface area contributed by atoms with Crippen molar-refractivity contribution in [1.29, 1.82) is 0 Å². The second kappa shape index (κ2) is 9.32. The number of piperazine rings is 1. The topological polar surface area (TPSA) is 74.8 Å². The third kappa shape index (κ3) is 5.40. The van der Waals surface area contributed by atoms with Crippen LogP contribution in [0.4, 0.5) is 0 Å². The minimum absolute atomic E-state index is 0.00653. The highest BCUT2D eigenvalue weighted by Crippen LogP contribution is 2.21. The van der Waals surface area contributed by atoms with Crippen LogP contribution in [0.15, 0.2) is 54.6 Å². The fourth-order valence-corrected chi connectivity index (χ4v) is 6.16. The van der Waals surface area contributed by atoms with Crippen molar-refractivity contribution in [3.63, 3.8) is 0 Å². The molecule has 2 heterocycles. The third-order valence-corrected chi connectivity index (χ3v) is 8.02. The van der Waals surface area contributed by atoms with E-state index in [1.165, 1.54) is 0 Å². The number of rotatable bonds is 6. The number of hydrogen-bond acceptors (Lipinski definition) is 5. The summed E-state index contributed by atoms with van der Waals surface area (Å²) in [4.78, 5) is 29.1. The quantitative estimate of drug-likeness (QED) is 0.646. The van der Waals surface area contributed by atoms with Gasteiger partial charge in [-0.25, -0.2) is 8.42 Å². The van der Waals surface area contributed by atoms with Gasteiger partial charge in [0, 0.05) is 50.6 Å². The molecule has 0 N–H and O–H groups in total. The zero-order valence-electron chi connectivity index (χ0n) is 17.6. The summed E-state index contributed by atoms with van der Waals surface area (Å²) in [5.41, 5.74) is 2.78. The van der Waals surface area contributed by atoms with E-state index < -0.39 is 9.84 Å². The highest BCUT2D eigenvalue weighted by atomic mass is 32.2. The number of carbonyl (C=O) groups is 2. The van der Waals surface area contributed by atoms with Crippen molar-refractivity contribution in [2.45, 2.75) is 25.3 Å². The van der Waals surface area contributed by atoms with Crippen LogP contribution in [0.5, 0.6) is 0 Å². The van der Waals surface area contributed by atoms with Gasteiger partial charge in [0.15, 0.2) is 15.6 Å². The molecule has 2 aliphatic rings. The van der Waals surface area contributed by atoms with E-state index >= 15 is 0 Å². The van der Waals surface area contributed by atoms with Gasteiger partial charge >= 0.3 is 0 Å². The number of amides is 1. The van der Waals surface area contributed by atoms with Gasteiger partial charge < -0.3 is 4.90 Å². The molecule has 1 amide bonds. The van der Waals surface area contributed by atoms with E-state index in [0.717, 1.165) is 11.1 Å². The van der Waals surface area contributed by atoms with Crippen LogP contribution in [0.1, 0.15) is 29.6 Å².